The maximum atomic E-state index is 14.1. The molecule has 2 aromatic rings. The van der Waals surface area contributed by atoms with Gasteiger partial charge in [-0.05, 0) is 12.1 Å². The predicted molar refractivity (Wildman–Crippen MR) is 88.4 cm³/mol. The second-order valence-corrected chi connectivity index (χ2v) is 6.21. The summed E-state index contributed by atoms with van der Waals surface area (Å²) in [6.45, 7) is 0.673. The van der Waals surface area contributed by atoms with E-state index in [1.807, 2.05) is 0 Å². The molecular weight excluding hydrogens is 341 g/mol. The van der Waals surface area contributed by atoms with E-state index in [2.05, 4.69) is 15.5 Å². The summed E-state index contributed by atoms with van der Waals surface area (Å²) in [5.74, 6) is -1.25. The van der Waals surface area contributed by atoms with Gasteiger partial charge in [0.2, 0.25) is 11.8 Å². The fourth-order valence-corrected chi connectivity index (χ4v) is 3.36. The lowest BCUT2D eigenvalue weighted by atomic mass is 10.0. The minimum atomic E-state index is -0.697. The number of nitrogens with one attached hydrogen (secondary N) is 2. The molecule has 0 unspecified atom stereocenters. The van der Waals surface area contributed by atoms with Gasteiger partial charge in [-0.1, -0.05) is 12.1 Å². The molecule has 1 aromatic carbocycles. The first-order valence-electron chi connectivity index (χ1n) is 8.21. The first-order chi connectivity index (χ1) is 12.6. The number of amides is 3. The van der Waals surface area contributed by atoms with Crippen molar-refractivity contribution < 1.29 is 18.8 Å². The second kappa shape index (κ2) is 6.25. The first-order valence-corrected chi connectivity index (χ1v) is 8.21. The number of benzene rings is 1. The molecule has 1 atom stereocenters. The quantitative estimate of drug-likeness (QED) is 0.790. The number of carbonyl (C=O) groups is 3. The number of hydrogen-bond donors (Lipinski definition) is 2. The number of H-pyrrole nitrogens is 1. The molecule has 2 N–H and O–H groups in total. The van der Waals surface area contributed by atoms with Gasteiger partial charge in [-0.3, -0.25) is 19.5 Å². The van der Waals surface area contributed by atoms with E-state index in [0.29, 0.717) is 12.2 Å². The van der Waals surface area contributed by atoms with Crippen LogP contribution in [0.5, 0.6) is 0 Å². The van der Waals surface area contributed by atoms with E-state index in [0.717, 1.165) is 0 Å². The molecule has 4 rings (SSSR count). The summed E-state index contributed by atoms with van der Waals surface area (Å²) in [4.78, 5) is 39.9. The van der Waals surface area contributed by atoms with Crippen LogP contribution in [0.4, 0.5) is 4.39 Å². The van der Waals surface area contributed by atoms with E-state index < -0.39 is 11.9 Å². The van der Waals surface area contributed by atoms with Gasteiger partial charge in [-0.15, -0.1) is 0 Å². The van der Waals surface area contributed by atoms with Crippen molar-refractivity contribution in [1.82, 2.24) is 25.3 Å². The zero-order valence-corrected chi connectivity index (χ0v) is 13.7. The van der Waals surface area contributed by atoms with Gasteiger partial charge >= 0.3 is 0 Å². The lowest BCUT2D eigenvalue weighted by Crippen LogP contribution is -2.66. The number of hydrogen-bond acceptors (Lipinski definition) is 4. The lowest BCUT2D eigenvalue weighted by Gasteiger charge is -2.42. The Morgan fingerprint density at radius 2 is 2.04 bits per heavy atom. The summed E-state index contributed by atoms with van der Waals surface area (Å²) in [7, 11) is 0. The summed E-state index contributed by atoms with van der Waals surface area (Å²) in [5.41, 5.74) is 0.767. The minimum absolute atomic E-state index is 0.0115. The van der Waals surface area contributed by atoms with E-state index in [1.54, 1.807) is 18.2 Å². The summed E-state index contributed by atoms with van der Waals surface area (Å²) in [6.07, 6.45) is 1.35. The van der Waals surface area contributed by atoms with E-state index >= 15 is 0 Å². The molecule has 2 fully saturated rings. The van der Waals surface area contributed by atoms with Crippen molar-refractivity contribution in [3.63, 3.8) is 0 Å². The number of piperazine rings is 2. The third kappa shape index (κ3) is 2.61. The van der Waals surface area contributed by atoms with Crippen LogP contribution in [0, 0.1) is 5.82 Å². The molecule has 0 aliphatic carbocycles. The highest BCUT2D eigenvalue weighted by atomic mass is 19.1. The lowest BCUT2D eigenvalue weighted by molar-refractivity contribution is -0.148. The van der Waals surface area contributed by atoms with Gasteiger partial charge < -0.3 is 15.1 Å². The molecule has 0 radical (unpaired) electrons. The molecule has 8 nitrogen and oxygen atoms in total. The number of nitrogens with zero attached hydrogens (tertiary/aromatic N) is 3. The summed E-state index contributed by atoms with van der Waals surface area (Å²) in [5, 5.41) is 9.09. The normalized spacial score (nSPS) is 20.0. The Hall–Kier alpha value is -3.23. The molecule has 3 heterocycles. The van der Waals surface area contributed by atoms with Crippen LogP contribution in [-0.4, -0.2) is 69.9 Å². The number of rotatable bonds is 2. The summed E-state index contributed by atoms with van der Waals surface area (Å²) in [6, 6.07) is 5.41. The molecule has 3 amide bonds. The van der Waals surface area contributed by atoms with Crippen LogP contribution in [0.1, 0.15) is 10.4 Å². The van der Waals surface area contributed by atoms with Crippen LogP contribution in [0.2, 0.25) is 0 Å². The maximum Gasteiger partial charge on any atom is 0.257 e. The largest absolute Gasteiger partial charge is 0.345 e. The molecule has 26 heavy (non-hydrogen) atoms. The van der Waals surface area contributed by atoms with Crippen molar-refractivity contribution in [2.45, 2.75) is 6.04 Å². The molecule has 134 valence electrons. The molecule has 0 saturated carbocycles. The molecule has 0 spiro atoms. The van der Waals surface area contributed by atoms with Crippen LogP contribution < -0.4 is 5.32 Å². The molecule has 9 heteroatoms. The highest BCUT2D eigenvalue weighted by Gasteiger charge is 2.40. The zero-order valence-electron chi connectivity index (χ0n) is 13.7. The molecule has 1 aromatic heterocycles. The minimum Gasteiger partial charge on any atom is -0.345 e. The Kier molecular flexibility index (Phi) is 3.90. The summed E-state index contributed by atoms with van der Waals surface area (Å²) < 4.78 is 14.1. The number of aromatic nitrogens is 2. The van der Waals surface area contributed by atoms with Crippen LogP contribution in [-0.2, 0) is 9.59 Å². The van der Waals surface area contributed by atoms with Crippen molar-refractivity contribution in [3.8, 4) is 11.3 Å². The number of carbonyl (C=O) groups excluding carboxylic acids is 3. The van der Waals surface area contributed by atoms with Gasteiger partial charge in [0.25, 0.3) is 5.91 Å². The van der Waals surface area contributed by atoms with E-state index in [-0.39, 0.29) is 48.5 Å². The van der Waals surface area contributed by atoms with Crippen molar-refractivity contribution in [3.05, 3.63) is 41.8 Å². The smallest absolute Gasteiger partial charge is 0.257 e. The first kappa shape index (κ1) is 16.2. The van der Waals surface area contributed by atoms with Crippen molar-refractivity contribution in [2.24, 2.45) is 0 Å². The Bertz CT molecular complexity index is 896. The van der Waals surface area contributed by atoms with Gasteiger partial charge in [0.15, 0.2) is 0 Å². The number of aromatic amines is 1. The van der Waals surface area contributed by atoms with Gasteiger partial charge in [-0.2, -0.15) is 5.10 Å². The molecule has 2 saturated heterocycles. The SMILES string of the molecule is O=C1NCC(=O)N2CCN(C(=O)c3cn[nH]c3-c3ccccc3F)C[C@H]12. The fourth-order valence-electron chi connectivity index (χ4n) is 3.36. The monoisotopic (exact) mass is 357 g/mol. The van der Waals surface area contributed by atoms with Crippen molar-refractivity contribution in [1.29, 1.82) is 0 Å². The van der Waals surface area contributed by atoms with Crippen LogP contribution >= 0.6 is 0 Å². The topological polar surface area (TPSA) is 98.4 Å². The second-order valence-electron chi connectivity index (χ2n) is 6.21. The van der Waals surface area contributed by atoms with Crippen molar-refractivity contribution >= 4 is 17.7 Å². The molecular formula is C17H16FN5O3. The Balaban J connectivity index is 1.60. The average Bonchev–Trinajstić information content (AvgIpc) is 3.14. The van der Waals surface area contributed by atoms with Crippen LogP contribution in [0.15, 0.2) is 30.5 Å². The predicted octanol–water partition coefficient (Wildman–Crippen LogP) is -0.00140. The van der Waals surface area contributed by atoms with E-state index in [4.69, 9.17) is 0 Å². The molecule has 2 aliphatic rings. The summed E-state index contributed by atoms with van der Waals surface area (Å²) >= 11 is 0. The van der Waals surface area contributed by atoms with Gasteiger partial charge in [0.1, 0.15) is 11.9 Å². The highest BCUT2D eigenvalue weighted by molar-refractivity contribution is 6.01. The van der Waals surface area contributed by atoms with Crippen LogP contribution in [0.25, 0.3) is 11.3 Å². The maximum absolute atomic E-state index is 14.1. The van der Waals surface area contributed by atoms with E-state index in [1.165, 1.54) is 22.1 Å². The van der Waals surface area contributed by atoms with Crippen molar-refractivity contribution in [2.75, 3.05) is 26.2 Å². The van der Waals surface area contributed by atoms with Gasteiger partial charge in [0, 0.05) is 18.7 Å². The standard InChI is InChI=1S/C17H16FN5O3/c18-12-4-2-1-3-10(12)15-11(7-20-21-15)17(26)22-5-6-23-13(9-22)16(25)19-8-14(23)24/h1-4,7,13H,5-6,8-9H2,(H,19,25)(H,20,21)/t13-/m1/s1. The average molecular weight is 357 g/mol. The van der Waals surface area contributed by atoms with Gasteiger partial charge in [0.05, 0.1) is 30.5 Å². The van der Waals surface area contributed by atoms with E-state index in [9.17, 15) is 18.8 Å². The third-order valence-electron chi connectivity index (χ3n) is 4.72. The van der Waals surface area contributed by atoms with Gasteiger partial charge in [-0.25, -0.2) is 4.39 Å². The Morgan fingerprint density at radius 1 is 1.23 bits per heavy atom. The third-order valence-corrected chi connectivity index (χ3v) is 4.72. The molecule has 2 aliphatic heterocycles. The number of halogens is 1. The van der Waals surface area contributed by atoms with Crippen LogP contribution in [0.3, 0.4) is 0 Å². The number of fused-ring (bicyclic) bond motifs is 1. The highest BCUT2D eigenvalue weighted by Crippen LogP contribution is 2.26. The Labute approximate surface area is 148 Å². The molecule has 0 bridgehead atoms. The Morgan fingerprint density at radius 3 is 2.85 bits per heavy atom. The zero-order chi connectivity index (χ0) is 18.3. The fraction of sp³-hybridized carbons (Fsp3) is 0.294.